The Hall–Kier alpha value is -6.55. The van der Waals surface area contributed by atoms with E-state index in [0.717, 1.165) is 44.9 Å². The molecular weight excluding hydrogens is 989 g/mol. The largest absolute Gasteiger partial charge is 0.457 e. The minimum absolute atomic E-state index is 0.00152. The van der Waals surface area contributed by atoms with E-state index in [1.54, 1.807) is 13.8 Å². The molecule has 0 radical (unpaired) electrons. The molecule has 0 spiro atoms. The molecule has 5 rings (SSSR count). The van der Waals surface area contributed by atoms with Crippen LogP contribution in [0.2, 0.25) is 0 Å². The second-order valence-corrected chi connectivity index (χ2v) is 20.9. The molecule has 1 aliphatic carbocycles. The summed E-state index contributed by atoms with van der Waals surface area (Å²) in [5, 5.41) is 41.1. The van der Waals surface area contributed by atoms with Crippen LogP contribution in [0, 0.1) is 23.7 Å². The second kappa shape index (κ2) is 27.1. The standard InChI is InChI=1S/C53H70N8O11S2/c1-11-22-71-52(69)39-26-74-51(56-39)40(27(4)5)57-45(64)37(23-62)54-47(66)42(29(8)12-2)59-46(65)38-25-73-50(55-38)41(28(6)7)58-49(68)44(31(10)63)60-48(67)43(30(9)13-3)61-53(70)72-24-36-34-20-16-14-18-32(34)33-19-15-17-21-35(33)36/h11,14-21,25-31,36-37,40-44,62-63H,1,12-13,22-24H2,2-10H3,(H,54,66)(H,57,64)(H,58,68)(H,59,65)(H,60,67)(H,61,70)/t29-,30-,31-,37-,40+,41+,42-,43-,44-/m0/s1. The highest BCUT2D eigenvalue weighted by atomic mass is 32.1. The number of thiazole rings is 2. The normalized spacial score (nSPS) is 15.6. The van der Waals surface area contributed by atoms with Gasteiger partial charge in [0, 0.05) is 16.7 Å². The first-order chi connectivity index (χ1) is 35.2. The molecule has 74 heavy (non-hydrogen) atoms. The van der Waals surface area contributed by atoms with Crippen LogP contribution in [0.1, 0.15) is 135 Å². The van der Waals surface area contributed by atoms with Crippen LogP contribution in [0.5, 0.6) is 0 Å². The van der Waals surface area contributed by atoms with Crippen LogP contribution in [-0.2, 0) is 28.7 Å². The molecule has 0 saturated heterocycles. The summed E-state index contributed by atoms with van der Waals surface area (Å²) >= 11 is 2.22. The third-order valence-corrected chi connectivity index (χ3v) is 14.9. The van der Waals surface area contributed by atoms with Crippen LogP contribution in [0.15, 0.2) is 71.9 Å². The quantitative estimate of drug-likeness (QED) is 0.0277. The van der Waals surface area contributed by atoms with E-state index in [0.29, 0.717) is 22.9 Å². The number of nitrogens with zero attached hydrogens (tertiary/aromatic N) is 2. The van der Waals surface area contributed by atoms with E-state index in [9.17, 15) is 43.8 Å². The molecule has 0 fully saturated rings. The molecule has 21 heteroatoms. The number of benzene rings is 2. The van der Waals surface area contributed by atoms with Gasteiger partial charge in [-0.2, -0.15) is 0 Å². The summed E-state index contributed by atoms with van der Waals surface area (Å²) < 4.78 is 10.8. The van der Waals surface area contributed by atoms with Crippen LogP contribution >= 0.6 is 22.7 Å². The van der Waals surface area contributed by atoms with Crippen LogP contribution < -0.4 is 31.9 Å². The molecule has 2 aromatic carbocycles. The Bertz CT molecular complexity index is 2570. The minimum Gasteiger partial charge on any atom is -0.457 e. The van der Waals surface area contributed by atoms with Crippen molar-refractivity contribution in [3.63, 3.8) is 0 Å². The number of hydrogen-bond acceptors (Lipinski definition) is 15. The number of carbonyl (C=O) groups is 7. The zero-order valence-electron chi connectivity index (χ0n) is 43.3. The first-order valence-electron chi connectivity index (χ1n) is 24.9. The number of hydrogen-bond donors (Lipinski definition) is 8. The van der Waals surface area contributed by atoms with Gasteiger partial charge in [0.15, 0.2) is 5.69 Å². The molecule has 400 valence electrons. The highest BCUT2D eigenvalue weighted by Gasteiger charge is 2.37. The maximum Gasteiger partial charge on any atom is 0.407 e. The topological polar surface area (TPSA) is 276 Å². The van der Waals surface area contributed by atoms with E-state index in [4.69, 9.17) is 9.47 Å². The lowest BCUT2D eigenvalue weighted by Crippen LogP contribution is -2.59. The average molecular weight is 1060 g/mol. The van der Waals surface area contributed by atoms with Gasteiger partial charge in [-0.15, -0.1) is 22.7 Å². The number of rotatable bonds is 26. The monoisotopic (exact) mass is 1060 g/mol. The molecule has 0 bridgehead atoms. The number of aliphatic hydroxyl groups excluding tert-OH is 2. The molecular formula is C53H70N8O11S2. The van der Waals surface area contributed by atoms with Crippen molar-refractivity contribution in [2.24, 2.45) is 23.7 Å². The number of fused-ring (bicyclic) bond motifs is 3. The highest BCUT2D eigenvalue weighted by molar-refractivity contribution is 7.10. The van der Waals surface area contributed by atoms with Gasteiger partial charge in [0.2, 0.25) is 23.6 Å². The van der Waals surface area contributed by atoms with Crippen molar-refractivity contribution in [1.29, 1.82) is 0 Å². The Morgan fingerprint density at radius 2 is 1.14 bits per heavy atom. The maximum absolute atomic E-state index is 14.0. The second-order valence-electron chi connectivity index (χ2n) is 19.1. The zero-order chi connectivity index (χ0) is 54.4. The summed E-state index contributed by atoms with van der Waals surface area (Å²) in [5.41, 5.74) is 4.19. The Morgan fingerprint density at radius 3 is 1.65 bits per heavy atom. The van der Waals surface area contributed by atoms with Crippen molar-refractivity contribution in [3.8, 4) is 11.1 Å². The average Bonchev–Trinajstić information content (AvgIpc) is 4.15. The number of ether oxygens (including phenoxy) is 2. The Balaban J connectivity index is 1.21. The Morgan fingerprint density at radius 1 is 0.649 bits per heavy atom. The fraction of sp³-hybridized carbons (Fsp3) is 0.491. The predicted molar refractivity (Wildman–Crippen MR) is 281 cm³/mol. The van der Waals surface area contributed by atoms with Gasteiger partial charge < -0.3 is 51.6 Å². The van der Waals surface area contributed by atoms with E-state index < -0.39 is 102 Å². The molecule has 2 aromatic heterocycles. The Labute approximate surface area is 440 Å². The predicted octanol–water partition coefficient (Wildman–Crippen LogP) is 5.71. The summed E-state index contributed by atoms with van der Waals surface area (Å²) in [6.07, 6.45) is 0.167. The summed E-state index contributed by atoms with van der Waals surface area (Å²) in [7, 11) is 0. The SMILES string of the molecule is C=CCOC(=O)c1csc([C@H](NC(=O)[C@H](CO)NC(=O)[C@@H](NC(=O)c2csc([C@H](NC(=O)[C@@H](NC(=O)[C@@H](NC(=O)OCC3c4ccccc4-c4ccccc43)[C@@H](C)CC)[C@H](C)O)C(C)C)n2)[C@@H](C)CC)C(C)C)n1. The molecule has 2 heterocycles. The number of amides is 6. The third-order valence-electron chi connectivity index (χ3n) is 13.1. The van der Waals surface area contributed by atoms with E-state index in [-0.39, 0.29) is 42.4 Å². The fourth-order valence-corrected chi connectivity index (χ4v) is 10.3. The number of aliphatic hydroxyl groups is 2. The van der Waals surface area contributed by atoms with Crippen molar-refractivity contribution in [1.82, 2.24) is 41.9 Å². The molecule has 0 saturated carbocycles. The summed E-state index contributed by atoms with van der Waals surface area (Å²) in [6.45, 7) is 18.6. The molecule has 0 aliphatic heterocycles. The van der Waals surface area contributed by atoms with Gasteiger partial charge in [0.1, 0.15) is 53.1 Å². The van der Waals surface area contributed by atoms with Crippen LogP contribution in [-0.4, -0.2) is 112 Å². The molecule has 0 unspecified atom stereocenters. The lowest BCUT2D eigenvalue weighted by atomic mass is 9.97. The molecule has 6 amide bonds. The van der Waals surface area contributed by atoms with E-state index >= 15 is 0 Å². The van der Waals surface area contributed by atoms with E-state index in [1.165, 1.54) is 23.8 Å². The van der Waals surface area contributed by atoms with Gasteiger partial charge in [-0.25, -0.2) is 19.6 Å². The van der Waals surface area contributed by atoms with Crippen molar-refractivity contribution in [2.75, 3.05) is 19.8 Å². The van der Waals surface area contributed by atoms with Crippen molar-refractivity contribution < 1.29 is 53.2 Å². The first kappa shape index (κ1) is 58.3. The number of esters is 1. The third kappa shape index (κ3) is 14.6. The molecule has 8 N–H and O–H groups in total. The Kier molecular flexibility index (Phi) is 21.4. The molecule has 4 aromatic rings. The smallest absolute Gasteiger partial charge is 0.407 e. The van der Waals surface area contributed by atoms with Crippen molar-refractivity contribution in [3.05, 3.63) is 104 Å². The summed E-state index contributed by atoms with van der Waals surface area (Å²) in [5.74, 6) is -5.83. The molecule has 19 nitrogen and oxygen atoms in total. The minimum atomic E-state index is -1.46. The van der Waals surface area contributed by atoms with Crippen molar-refractivity contribution >= 4 is 64.3 Å². The van der Waals surface area contributed by atoms with E-state index in [2.05, 4.69) is 48.4 Å². The van der Waals surface area contributed by atoms with Crippen molar-refractivity contribution in [2.45, 2.75) is 123 Å². The maximum atomic E-state index is 14.0. The van der Waals surface area contributed by atoms with E-state index in [1.807, 2.05) is 90.1 Å². The molecule has 1 aliphatic rings. The van der Waals surface area contributed by atoms with Gasteiger partial charge in [-0.1, -0.05) is 129 Å². The zero-order valence-corrected chi connectivity index (χ0v) is 44.9. The summed E-state index contributed by atoms with van der Waals surface area (Å²) in [6, 6.07) is 9.18. The lowest BCUT2D eigenvalue weighted by molar-refractivity contribution is -0.133. The first-order valence-corrected chi connectivity index (χ1v) is 26.6. The highest BCUT2D eigenvalue weighted by Crippen LogP contribution is 2.44. The van der Waals surface area contributed by atoms with Gasteiger partial charge in [-0.3, -0.25) is 24.0 Å². The van der Waals surface area contributed by atoms with Gasteiger partial charge >= 0.3 is 12.1 Å². The summed E-state index contributed by atoms with van der Waals surface area (Å²) in [4.78, 5) is 104. The number of alkyl carbamates (subject to hydrolysis) is 1. The number of aromatic nitrogens is 2. The number of carbonyl (C=O) groups excluding carboxylic acids is 7. The van der Waals surface area contributed by atoms with Crippen LogP contribution in [0.4, 0.5) is 4.79 Å². The van der Waals surface area contributed by atoms with Crippen LogP contribution in [0.3, 0.4) is 0 Å². The van der Waals surface area contributed by atoms with Gasteiger partial charge in [0.25, 0.3) is 5.91 Å². The van der Waals surface area contributed by atoms with Crippen LogP contribution in [0.25, 0.3) is 11.1 Å². The van der Waals surface area contributed by atoms with Gasteiger partial charge in [0.05, 0.1) is 24.8 Å². The fourth-order valence-electron chi connectivity index (χ4n) is 8.28. The number of nitrogens with one attached hydrogen (secondary N) is 6. The van der Waals surface area contributed by atoms with Gasteiger partial charge in [-0.05, 0) is 52.8 Å². The lowest BCUT2D eigenvalue weighted by Gasteiger charge is -2.29. The molecule has 9 atom stereocenters.